The molecule has 2 aromatic rings. The van der Waals surface area contributed by atoms with Crippen molar-refractivity contribution in [1.82, 2.24) is 10.2 Å². The fourth-order valence-corrected chi connectivity index (χ4v) is 4.12. The summed E-state index contributed by atoms with van der Waals surface area (Å²) in [6, 6.07) is 7.75. The van der Waals surface area contributed by atoms with Gasteiger partial charge in [-0.05, 0) is 82.4 Å². The molecule has 1 saturated heterocycles. The second-order valence-corrected chi connectivity index (χ2v) is 8.75. The summed E-state index contributed by atoms with van der Waals surface area (Å²) in [5.41, 5.74) is 1.13. The van der Waals surface area contributed by atoms with E-state index in [1.807, 2.05) is 12.1 Å². The molecular weight excluding hydrogens is 476 g/mol. The Labute approximate surface area is 176 Å². The number of nitrogens with zero attached hydrogens (tertiary/aromatic N) is 1. The van der Waals surface area contributed by atoms with E-state index < -0.39 is 0 Å². The Kier molecular flexibility index (Phi) is 7.38. The predicted molar refractivity (Wildman–Crippen MR) is 112 cm³/mol. The predicted octanol–water partition coefficient (Wildman–Crippen LogP) is 4.50. The number of carbonyl (C=O) groups is 1. The van der Waals surface area contributed by atoms with Crippen LogP contribution in [0.15, 0.2) is 43.9 Å². The van der Waals surface area contributed by atoms with Crippen molar-refractivity contribution in [3.63, 3.8) is 0 Å². The number of hydrogen-bond donors (Lipinski definition) is 1. The molecule has 1 aromatic carbocycles. The van der Waals surface area contributed by atoms with Crippen LogP contribution in [-0.4, -0.2) is 44.1 Å². The number of likely N-dealkylation sites (tertiary alicyclic amines) is 1. The first-order valence-electron chi connectivity index (χ1n) is 9.13. The van der Waals surface area contributed by atoms with E-state index in [-0.39, 0.29) is 5.91 Å². The summed E-state index contributed by atoms with van der Waals surface area (Å²) in [7, 11) is 2.17. The second-order valence-electron chi connectivity index (χ2n) is 6.98. The van der Waals surface area contributed by atoms with E-state index >= 15 is 0 Å². The van der Waals surface area contributed by atoms with Crippen molar-refractivity contribution in [2.75, 3.05) is 33.3 Å². The van der Waals surface area contributed by atoms with E-state index in [0.717, 1.165) is 39.8 Å². The average molecular weight is 500 g/mol. The minimum atomic E-state index is -0.211. The smallest absolute Gasteiger partial charge is 0.287 e. The lowest BCUT2D eigenvalue weighted by Gasteiger charge is -2.29. The maximum Gasteiger partial charge on any atom is 0.287 e. The lowest BCUT2D eigenvalue weighted by molar-refractivity contribution is 0.0926. The van der Waals surface area contributed by atoms with Gasteiger partial charge in [0.05, 0.1) is 15.6 Å². The maximum absolute atomic E-state index is 12.0. The maximum atomic E-state index is 12.0. The molecule has 2 heterocycles. The summed E-state index contributed by atoms with van der Waals surface area (Å²) in [6.45, 7) is 3.57. The van der Waals surface area contributed by atoms with Gasteiger partial charge in [-0.3, -0.25) is 4.79 Å². The molecule has 1 fully saturated rings. The first-order valence-corrected chi connectivity index (χ1v) is 10.7. The molecule has 27 heavy (non-hydrogen) atoms. The van der Waals surface area contributed by atoms with Gasteiger partial charge in [0.15, 0.2) is 5.76 Å². The number of rotatable bonds is 7. The van der Waals surface area contributed by atoms with Crippen LogP contribution in [0.25, 0.3) is 0 Å². The number of carbonyl (C=O) groups excluding carboxylic acids is 1. The number of hydrogen-bond acceptors (Lipinski definition) is 4. The molecular formula is C20H24Br2N2O3. The monoisotopic (exact) mass is 498 g/mol. The minimum absolute atomic E-state index is 0.211. The van der Waals surface area contributed by atoms with E-state index in [1.54, 1.807) is 6.07 Å². The normalized spacial score (nSPS) is 17.7. The van der Waals surface area contributed by atoms with Crippen molar-refractivity contribution in [3.05, 3.63) is 50.8 Å². The Morgan fingerprint density at radius 2 is 2.22 bits per heavy atom. The molecule has 146 valence electrons. The fourth-order valence-electron chi connectivity index (χ4n) is 3.27. The molecule has 1 N–H and O–H groups in total. The van der Waals surface area contributed by atoms with Crippen molar-refractivity contribution >= 4 is 37.8 Å². The molecule has 0 bridgehead atoms. The molecule has 0 aliphatic carbocycles. The number of furan rings is 1. The summed E-state index contributed by atoms with van der Waals surface area (Å²) in [5, 5.41) is 2.86. The van der Waals surface area contributed by atoms with E-state index in [1.165, 1.54) is 25.6 Å². The lowest BCUT2D eigenvalue weighted by Crippen LogP contribution is -2.34. The van der Waals surface area contributed by atoms with Crippen molar-refractivity contribution in [2.24, 2.45) is 5.92 Å². The number of amides is 1. The highest BCUT2D eigenvalue weighted by Crippen LogP contribution is 2.27. The average Bonchev–Trinajstić information content (AvgIpc) is 3.07. The third kappa shape index (κ3) is 6.09. The third-order valence-corrected chi connectivity index (χ3v) is 5.72. The van der Waals surface area contributed by atoms with E-state index in [0.29, 0.717) is 18.2 Å². The number of ether oxygens (including phenoxy) is 1. The molecule has 0 spiro atoms. The van der Waals surface area contributed by atoms with Gasteiger partial charge in [-0.15, -0.1) is 0 Å². The van der Waals surface area contributed by atoms with Crippen LogP contribution in [0.5, 0.6) is 5.75 Å². The number of piperidine rings is 1. The molecule has 7 heteroatoms. The van der Waals surface area contributed by atoms with Gasteiger partial charge in [0.25, 0.3) is 5.91 Å². The van der Waals surface area contributed by atoms with Crippen LogP contribution in [0.1, 0.15) is 29.0 Å². The van der Waals surface area contributed by atoms with E-state index in [9.17, 15) is 4.79 Å². The highest BCUT2D eigenvalue weighted by Gasteiger charge is 2.18. The van der Waals surface area contributed by atoms with Crippen LogP contribution in [0.3, 0.4) is 0 Å². The minimum Gasteiger partial charge on any atom is -0.492 e. The molecule has 1 aliphatic rings. The van der Waals surface area contributed by atoms with Crippen molar-refractivity contribution < 1.29 is 13.9 Å². The highest BCUT2D eigenvalue weighted by molar-refractivity contribution is 9.10. The molecule has 5 nitrogen and oxygen atoms in total. The zero-order chi connectivity index (χ0) is 19.2. The molecule has 1 atom stereocenters. The molecule has 1 amide bonds. The van der Waals surface area contributed by atoms with Gasteiger partial charge in [0.2, 0.25) is 0 Å². The number of benzene rings is 1. The van der Waals surface area contributed by atoms with Crippen LogP contribution in [0.4, 0.5) is 0 Å². The molecule has 1 aromatic heterocycles. The Bertz CT molecular complexity index is 778. The van der Waals surface area contributed by atoms with Crippen molar-refractivity contribution in [2.45, 2.75) is 19.3 Å². The first-order chi connectivity index (χ1) is 13.0. The highest BCUT2D eigenvalue weighted by atomic mass is 79.9. The lowest BCUT2D eigenvalue weighted by atomic mass is 9.99. The van der Waals surface area contributed by atoms with Crippen LogP contribution < -0.4 is 10.1 Å². The van der Waals surface area contributed by atoms with Gasteiger partial charge >= 0.3 is 0 Å². The van der Waals surface area contributed by atoms with Crippen molar-refractivity contribution in [1.29, 1.82) is 0 Å². The molecule has 1 aliphatic heterocycles. The largest absolute Gasteiger partial charge is 0.492 e. The van der Waals surface area contributed by atoms with Crippen LogP contribution in [0, 0.1) is 5.92 Å². The molecule has 3 rings (SSSR count). The van der Waals surface area contributed by atoms with Gasteiger partial charge in [-0.25, -0.2) is 0 Å². The summed E-state index contributed by atoms with van der Waals surface area (Å²) < 4.78 is 12.9. The van der Waals surface area contributed by atoms with Crippen molar-refractivity contribution in [3.8, 4) is 5.75 Å². The zero-order valence-corrected chi connectivity index (χ0v) is 18.5. The third-order valence-electron chi connectivity index (χ3n) is 4.68. The summed E-state index contributed by atoms with van der Waals surface area (Å²) in [5.74, 6) is 1.56. The summed E-state index contributed by atoms with van der Waals surface area (Å²) in [4.78, 5) is 14.3. The van der Waals surface area contributed by atoms with Gasteiger partial charge in [0, 0.05) is 25.1 Å². The quantitative estimate of drug-likeness (QED) is 0.609. The van der Waals surface area contributed by atoms with Gasteiger partial charge in [0.1, 0.15) is 12.0 Å². The Morgan fingerprint density at radius 1 is 1.37 bits per heavy atom. The standard InChI is InChI=1S/C20H24Br2N2O3/c1-24-8-2-3-15(11-24)12-26-18-5-4-14(9-17(18)22)6-7-23-20(25)19-10-16(21)13-27-19/h4-5,9-10,13,15H,2-3,6-8,11-12H2,1H3,(H,23,25). The summed E-state index contributed by atoms with van der Waals surface area (Å²) >= 11 is 6.87. The summed E-state index contributed by atoms with van der Waals surface area (Å²) in [6.07, 6.45) is 4.70. The Hall–Kier alpha value is -1.31. The zero-order valence-electron chi connectivity index (χ0n) is 15.3. The van der Waals surface area contributed by atoms with E-state index in [4.69, 9.17) is 9.15 Å². The fraction of sp³-hybridized carbons (Fsp3) is 0.450. The van der Waals surface area contributed by atoms with Gasteiger partial charge < -0.3 is 19.4 Å². The van der Waals surface area contributed by atoms with Crippen LogP contribution >= 0.6 is 31.9 Å². The van der Waals surface area contributed by atoms with Gasteiger partial charge in [-0.1, -0.05) is 6.07 Å². The number of nitrogens with one attached hydrogen (secondary N) is 1. The topological polar surface area (TPSA) is 54.7 Å². The number of halogens is 2. The molecule has 0 saturated carbocycles. The van der Waals surface area contributed by atoms with E-state index in [2.05, 4.69) is 55.2 Å². The Balaban J connectivity index is 1.45. The first kappa shape index (κ1) is 20.4. The van der Waals surface area contributed by atoms with Crippen LogP contribution in [0.2, 0.25) is 0 Å². The van der Waals surface area contributed by atoms with Crippen LogP contribution in [-0.2, 0) is 6.42 Å². The Morgan fingerprint density at radius 3 is 2.93 bits per heavy atom. The van der Waals surface area contributed by atoms with Gasteiger partial charge in [-0.2, -0.15) is 0 Å². The SMILES string of the molecule is CN1CCCC(COc2ccc(CCNC(=O)c3cc(Br)co3)cc2Br)C1. The molecule has 0 radical (unpaired) electrons. The molecule has 1 unspecified atom stereocenters. The second kappa shape index (κ2) is 9.75.